The van der Waals surface area contributed by atoms with Crippen molar-refractivity contribution in [3.8, 4) is 11.5 Å². The molecule has 1 aromatic rings. The first-order chi connectivity index (χ1) is 13.5. The fraction of sp³-hybridized carbons (Fsp3) is 0.545. The number of carbonyl (C=O) groups is 2. The molecule has 1 saturated heterocycles. The summed E-state index contributed by atoms with van der Waals surface area (Å²) in [6.07, 6.45) is 4.48. The monoisotopic (exact) mass is 385 g/mol. The lowest BCUT2D eigenvalue weighted by atomic mass is 9.62. The van der Waals surface area contributed by atoms with Crippen molar-refractivity contribution < 1.29 is 24.2 Å². The number of Topliss-reactive ketones (excluding diaryl/α,β-unsaturated/α-hetero) is 1. The molecule has 0 radical (unpaired) electrons. The normalized spacial score (nSPS) is 31.2. The standard InChI is InChI=1S/C22H27NO5/c1-3-10-22-11-9-16(24)18(21(26)23-12-5-6-14(23)13-27-2)20(22)28-19-15(22)7-4-8-17(19)25/h3-4,7-8,14,18,20,25H,1,5-6,9-13H2,2H3/t14-,18?,20-,22-/m0/s1. The molecule has 4 rings (SSSR count). The van der Waals surface area contributed by atoms with Gasteiger partial charge in [0.05, 0.1) is 12.6 Å². The Hall–Kier alpha value is -2.34. The van der Waals surface area contributed by atoms with Crippen molar-refractivity contribution >= 4 is 11.7 Å². The molecule has 6 heteroatoms. The van der Waals surface area contributed by atoms with Crippen LogP contribution >= 0.6 is 0 Å². The number of rotatable bonds is 5. The third-order valence-corrected chi connectivity index (χ3v) is 6.58. The maximum atomic E-state index is 13.5. The van der Waals surface area contributed by atoms with E-state index < -0.39 is 17.4 Å². The largest absolute Gasteiger partial charge is 0.504 e. The fourth-order valence-corrected chi connectivity index (χ4v) is 5.29. The minimum atomic E-state index is -0.863. The number of aromatic hydroxyl groups is 1. The number of phenols is 1. The van der Waals surface area contributed by atoms with Gasteiger partial charge in [0, 0.05) is 31.1 Å². The van der Waals surface area contributed by atoms with E-state index in [9.17, 15) is 14.7 Å². The molecule has 1 aliphatic carbocycles. The molecular formula is C22H27NO5. The number of ketones is 1. The summed E-state index contributed by atoms with van der Waals surface area (Å²) in [6.45, 7) is 5.00. The highest BCUT2D eigenvalue weighted by Gasteiger charge is 2.59. The first-order valence-electron chi connectivity index (χ1n) is 9.95. The average molecular weight is 385 g/mol. The second kappa shape index (κ2) is 7.24. The van der Waals surface area contributed by atoms with Crippen molar-refractivity contribution in [1.29, 1.82) is 0 Å². The summed E-state index contributed by atoms with van der Waals surface area (Å²) in [7, 11) is 1.63. The highest BCUT2D eigenvalue weighted by atomic mass is 16.5. The van der Waals surface area contributed by atoms with Crippen LogP contribution in [0.5, 0.6) is 11.5 Å². The molecule has 1 amide bonds. The van der Waals surface area contributed by atoms with Crippen molar-refractivity contribution in [2.75, 3.05) is 20.3 Å². The third-order valence-electron chi connectivity index (χ3n) is 6.58. The van der Waals surface area contributed by atoms with Gasteiger partial charge in [-0.2, -0.15) is 0 Å². The summed E-state index contributed by atoms with van der Waals surface area (Å²) in [6, 6.07) is 5.29. The SMILES string of the molecule is C=CC[C@@]12CCC(=O)C(C(=O)N3CCC[C@H]3COC)[C@@H]1Oc1c(O)cccc12. The van der Waals surface area contributed by atoms with Gasteiger partial charge in [-0.1, -0.05) is 18.2 Å². The zero-order valence-electron chi connectivity index (χ0n) is 16.2. The smallest absolute Gasteiger partial charge is 0.237 e. The zero-order chi connectivity index (χ0) is 19.9. The molecule has 3 aliphatic rings. The number of allylic oxidation sites excluding steroid dienone is 1. The Labute approximate surface area is 165 Å². The van der Waals surface area contributed by atoms with Gasteiger partial charge in [-0.05, 0) is 31.7 Å². The highest BCUT2D eigenvalue weighted by Crippen LogP contribution is 2.56. The quantitative estimate of drug-likeness (QED) is 0.623. The first-order valence-corrected chi connectivity index (χ1v) is 9.95. The number of ether oxygens (including phenoxy) is 2. The predicted molar refractivity (Wildman–Crippen MR) is 103 cm³/mol. The lowest BCUT2D eigenvalue weighted by Gasteiger charge is -2.42. The molecule has 150 valence electrons. The summed E-state index contributed by atoms with van der Waals surface area (Å²) in [5.74, 6) is -0.665. The van der Waals surface area contributed by atoms with E-state index in [1.807, 2.05) is 12.1 Å². The number of phenolic OH excluding ortho intramolecular Hbond substituents is 1. The number of carbonyl (C=O) groups excluding carboxylic acids is 2. The summed E-state index contributed by atoms with van der Waals surface area (Å²) in [5.41, 5.74) is 0.359. The summed E-state index contributed by atoms with van der Waals surface area (Å²) in [4.78, 5) is 28.2. The minimum absolute atomic E-state index is 0.00166. The number of hydrogen-bond donors (Lipinski definition) is 1. The molecule has 1 saturated carbocycles. The Morgan fingerprint density at radius 3 is 3.07 bits per heavy atom. The van der Waals surface area contributed by atoms with Crippen LogP contribution in [-0.4, -0.2) is 54.1 Å². The molecule has 0 aromatic heterocycles. The van der Waals surface area contributed by atoms with Crippen molar-refractivity contribution in [3.63, 3.8) is 0 Å². The lowest BCUT2D eigenvalue weighted by Crippen LogP contribution is -2.57. The number of para-hydroxylation sites is 1. The van der Waals surface area contributed by atoms with Crippen LogP contribution in [0.4, 0.5) is 0 Å². The third kappa shape index (κ3) is 2.73. The van der Waals surface area contributed by atoms with Gasteiger partial charge in [-0.25, -0.2) is 0 Å². The topological polar surface area (TPSA) is 76.1 Å². The lowest BCUT2D eigenvalue weighted by molar-refractivity contribution is -0.150. The van der Waals surface area contributed by atoms with Crippen LogP contribution in [0.25, 0.3) is 0 Å². The van der Waals surface area contributed by atoms with Gasteiger partial charge in [0.2, 0.25) is 5.91 Å². The number of nitrogens with zero attached hydrogens (tertiary/aromatic N) is 1. The number of fused-ring (bicyclic) bond motifs is 3. The van der Waals surface area contributed by atoms with E-state index in [2.05, 4.69) is 6.58 Å². The molecule has 1 unspecified atom stereocenters. The van der Waals surface area contributed by atoms with E-state index in [1.165, 1.54) is 0 Å². The molecule has 0 bridgehead atoms. The number of benzene rings is 1. The Balaban J connectivity index is 1.73. The van der Waals surface area contributed by atoms with Gasteiger partial charge in [0.25, 0.3) is 0 Å². The summed E-state index contributed by atoms with van der Waals surface area (Å²) >= 11 is 0. The molecule has 28 heavy (non-hydrogen) atoms. The fourth-order valence-electron chi connectivity index (χ4n) is 5.29. The predicted octanol–water partition coefficient (Wildman–Crippen LogP) is 2.58. The second-order valence-corrected chi connectivity index (χ2v) is 8.07. The maximum absolute atomic E-state index is 13.5. The van der Waals surface area contributed by atoms with Crippen molar-refractivity contribution in [3.05, 3.63) is 36.4 Å². The Kier molecular flexibility index (Phi) is 4.91. The molecule has 4 atom stereocenters. The van der Waals surface area contributed by atoms with Crippen LogP contribution in [0.15, 0.2) is 30.9 Å². The molecule has 2 heterocycles. The van der Waals surface area contributed by atoms with E-state index >= 15 is 0 Å². The maximum Gasteiger partial charge on any atom is 0.237 e. The van der Waals surface area contributed by atoms with E-state index in [0.29, 0.717) is 38.2 Å². The van der Waals surface area contributed by atoms with Gasteiger partial charge >= 0.3 is 0 Å². The van der Waals surface area contributed by atoms with Crippen LogP contribution in [0, 0.1) is 5.92 Å². The van der Waals surface area contributed by atoms with Crippen LogP contribution in [0.1, 0.15) is 37.7 Å². The molecule has 0 spiro atoms. The number of likely N-dealkylation sites (tertiary alicyclic amines) is 1. The molecule has 2 aliphatic heterocycles. The Morgan fingerprint density at radius 1 is 1.50 bits per heavy atom. The highest BCUT2D eigenvalue weighted by molar-refractivity contribution is 6.03. The van der Waals surface area contributed by atoms with E-state index in [0.717, 1.165) is 18.4 Å². The van der Waals surface area contributed by atoms with Crippen LogP contribution in [-0.2, 0) is 19.7 Å². The Morgan fingerprint density at radius 2 is 2.32 bits per heavy atom. The van der Waals surface area contributed by atoms with Gasteiger partial charge in [-0.3, -0.25) is 9.59 Å². The molecule has 1 aromatic carbocycles. The summed E-state index contributed by atoms with van der Waals surface area (Å²) < 4.78 is 11.4. The van der Waals surface area contributed by atoms with Gasteiger partial charge in [-0.15, -0.1) is 6.58 Å². The number of methoxy groups -OCH3 is 1. The van der Waals surface area contributed by atoms with E-state index in [-0.39, 0.29) is 23.5 Å². The zero-order valence-corrected chi connectivity index (χ0v) is 16.2. The van der Waals surface area contributed by atoms with Crippen LogP contribution in [0.3, 0.4) is 0 Å². The number of hydrogen-bond acceptors (Lipinski definition) is 5. The average Bonchev–Trinajstić information content (AvgIpc) is 3.26. The molecule has 2 fully saturated rings. The van der Waals surface area contributed by atoms with Crippen LogP contribution < -0.4 is 4.74 Å². The van der Waals surface area contributed by atoms with Gasteiger partial charge in [0.1, 0.15) is 17.8 Å². The van der Waals surface area contributed by atoms with Crippen molar-refractivity contribution in [1.82, 2.24) is 4.90 Å². The molecule has 1 N–H and O–H groups in total. The second-order valence-electron chi connectivity index (χ2n) is 8.07. The summed E-state index contributed by atoms with van der Waals surface area (Å²) in [5, 5.41) is 10.3. The van der Waals surface area contributed by atoms with E-state index in [4.69, 9.17) is 9.47 Å². The molecular weight excluding hydrogens is 358 g/mol. The Bertz CT molecular complexity index is 806. The van der Waals surface area contributed by atoms with E-state index in [1.54, 1.807) is 24.1 Å². The van der Waals surface area contributed by atoms with Crippen LogP contribution in [0.2, 0.25) is 0 Å². The van der Waals surface area contributed by atoms with Gasteiger partial charge < -0.3 is 19.5 Å². The molecule has 6 nitrogen and oxygen atoms in total. The van der Waals surface area contributed by atoms with Crippen molar-refractivity contribution in [2.24, 2.45) is 5.92 Å². The minimum Gasteiger partial charge on any atom is -0.504 e. The number of amides is 1. The van der Waals surface area contributed by atoms with Crippen molar-refractivity contribution in [2.45, 2.75) is 49.7 Å². The van der Waals surface area contributed by atoms with Gasteiger partial charge in [0.15, 0.2) is 11.5 Å². The first kappa shape index (κ1) is 19.0.